The Morgan fingerprint density at radius 2 is 1.33 bits per heavy atom. The van der Waals surface area contributed by atoms with E-state index >= 15 is 0 Å². The smallest absolute Gasteiger partial charge is 0.304 e. The van der Waals surface area contributed by atoms with Gasteiger partial charge in [-0.25, -0.2) is 0 Å². The molecule has 3 heteroatoms. The van der Waals surface area contributed by atoms with Crippen LogP contribution in [0.15, 0.2) is 25.3 Å². The third kappa shape index (κ3) is 16.3. The van der Waals surface area contributed by atoms with Crippen molar-refractivity contribution < 1.29 is 8.85 Å². The molecule has 2 unspecified atom stereocenters. The van der Waals surface area contributed by atoms with E-state index in [1.807, 2.05) is 0 Å². The summed E-state index contributed by atoms with van der Waals surface area (Å²) in [4.78, 5) is 0. The molecule has 0 radical (unpaired) electrons. The van der Waals surface area contributed by atoms with Gasteiger partial charge in [0.2, 0.25) is 0 Å². The lowest BCUT2D eigenvalue weighted by molar-refractivity contribution is 0.131. The molecule has 0 bridgehead atoms. The van der Waals surface area contributed by atoms with Crippen LogP contribution in [0.4, 0.5) is 0 Å². The van der Waals surface area contributed by atoms with Crippen LogP contribution in [0.3, 0.4) is 0 Å². The molecule has 0 aromatic carbocycles. The van der Waals surface area contributed by atoms with Gasteiger partial charge in [-0.1, -0.05) is 39.2 Å². The maximum absolute atomic E-state index is 5.48. The Morgan fingerprint density at radius 1 is 1.00 bits per heavy atom. The molecule has 90 valence electrons. The Kier molecular flexibility index (Phi) is 15.5. The molecule has 0 aliphatic heterocycles. The summed E-state index contributed by atoms with van der Waals surface area (Å²) in [6.45, 7) is 15.2. The lowest BCUT2D eigenvalue weighted by Gasteiger charge is -2.13. The zero-order valence-corrected chi connectivity index (χ0v) is 12.1. The third-order valence-electron chi connectivity index (χ3n) is 2.02. The molecule has 0 amide bonds. The fourth-order valence-electron chi connectivity index (χ4n) is 0.507. The molecule has 0 rings (SSSR count). The summed E-state index contributed by atoms with van der Waals surface area (Å²) in [6.07, 6.45) is 6.20. The van der Waals surface area contributed by atoms with Crippen molar-refractivity contribution >= 4 is 10.0 Å². The van der Waals surface area contributed by atoms with Crippen molar-refractivity contribution in [3.05, 3.63) is 25.3 Å². The van der Waals surface area contributed by atoms with Gasteiger partial charge in [0.05, 0.1) is 0 Å². The Labute approximate surface area is 97.4 Å². The minimum Gasteiger partial charge on any atom is -0.396 e. The van der Waals surface area contributed by atoms with Crippen LogP contribution in [0, 0.1) is 0 Å². The van der Waals surface area contributed by atoms with E-state index in [9.17, 15) is 0 Å². The summed E-state index contributed by atoms with van der Waals surface area (Å²) in [7, 11) is -0.706. The molecular formula is C12H26O2Si. The monoisotopic (exact) mass is 230 g/mol. The fourth-order valence-corrected chi connectivity index (χ4v) is 1.52. The highest BCUT2D eigenvalue weighted by Gasteiger charge is 2.01. The lowest BCUT2D eigenvalue weighted by atomic mass is 10.3. The van der Waals surface area contributed by atoms with E-state index < -0.39 is 10.0 Å². The van der Waals surface area contributed by atoms with E-state index in [-0.39, 0.29) is 0 Å². The molecule has 2 atom stereocenters. The first-order chi connectivity index (χ1) is 7.12. The Bertz CT molecular complexity index is 133. The van der Waals surface area contributed by atoms with Crippen LogP contribution < -0.4 is 0 Å². The van der Waals surface area contributed by atoms with Gasteiger partial charge in [0, 0.05) is 12.2 Å². The van der Waals surface area contributed by atoms with Crippen LogP contribution in [0.5, 0.6) is 0 Å². The van der Waals surface area contributed by atoms with Gasteiger partial charge in [0.15, 0.2) is 0 Å². The minimum atomic E-state index is -0.706. The van der Waals surface area contributed by atoms with Crippen LogP contribution in [-0.2, 0) is 8.85 Å². The molecular weight excluding hydrogens is 204 g/mol. The Morgan fingerprint density at radius 3 is 1.53 bits per heavy atom. The first kappa shape index (κ1) is 17.0. The minimum absolute atomic E-state index is 0.380. The second-order valence-corrected chi connectivity index (χ2v) is 4.26. The van der Waals surface area contributed by atoms with E-state index in [1.54, 1.807) is 12.2 Å². The highest BCUT2D eigenvalue weighted by molar-refractivity contribution is 6.18. The molecule has 0 saturated heterocycles. The molecule has 0 fully saturated rings. The first-order valence-electron chi connectivity index (χ1n) is 5.58. The topological polar surface area (TPSA) is 18.5 Å². The molecule has 0 aromatic rings. The van der Waals surface area contributed by atoms with Crippen molar-refractivity contribution in [3.8, 4) is 0 Å². The van der Waals surface area contributed by atoms with Gasteiger partial charge in [-0.15, -0.1) is 0 Å². The molecule has 0 aromatic heterocycles. The van der Waals surface area contributed by atoms with Gasteiger partial charge in [0.25, 0.3) is 0 Å². The molecule has 0 heterocycles. The predicted octanol–water partition coefficient (Wildman–Crippen LogP) is 2.97. The van der Waals surface area contributed by atoms with Crippen LogP contribution in [0.25, 0.3) is 0 Å². The second kappa shape index (κ2) is 13.6. The molecule has 15 heavy (non-hydrogen) atoms. The summed E-state index contributed by atoms with van der Waals surface area (Å²) < 4.78 is 11.0. The molecule has 2 nitrogen and oxygen atoms in total. The predicted molar refractivity (Wildman–Crippen MR) is 70.6 cm³/mol. The van der Waals surface area contributed by atoms with E-state index in [0.717, 1.165) is 12.8 Å². The van der Waals surface area contributed by atoms with Crippen molar-refractivity contribution in [1.82, 2.24) is 0 Å². The van der Waals surface area contributed by atoms with Gasteiger partial charge in [-0.2, -0.15) is 0 Å². The highest BCUT2D eigenvalue weighted by Crippen LogP contribution is 1.98. The lowest BCUT2D eigenvalue weighted by Crippen LogP contribution is -2.17. The van der Waals surface area contributed by atoms with Crippen LogP contribution >= 0.6 is 0 Å². The van der Waals surface area contributed by atoms with Gasteiger partial charge in [-0.05, 0) is 26.7 Å². The van der Waals surface area contributed by atoms with Crippen LogP contribution in [0.2, 0.25) is 0 Å². The number of hydrogen-bond acceptors (Lipinski definition) is 2. The summed E-state index contributed by atoms with van der Waals surface area (Å²) in [5, 5.41) is 0. The Balaban J connectivity index is 0. The molecule has 0 saturated carbocycles. The van der Waals surface area contributed by atoms with Gasteiger partial charge < -0.3 is 8.85 Å². The molecule has 0 aliphatic rings. The number of allylic oxidation sites excluding steroid dienone is 2. The van der Waals surface area contributed by atoms with Crippen molar-refractivity contribution in [3.63, 3.8) is 0 Å². The standard InChI is InChI=1S/C8H20O2Si.C4H6/c1-5-7(3)9-11-10-8(4)6-2;1-3-4-2/h7-8H,5-6,11H2,1-4H3;3-4H,1-2H2. The first-order valence-corrected chi connectivity index (χ1v) is 6.74. The molecule has 0 aliphatic carbocycles. The average Bonchev–Trinajstić information content (AvgIpc) is 2.28. The highest BCUT2D eigenvalue weighted by atomic mass is 28.3. The summed E-state index contributed by atoms with van der Waals surface area (Å²) in [5.74, 6) is 0. The molecule has 0 N–H and O–H groups in total. The SMILES string of the molecule is C=CC=C.CCC(C)O[SiH2]OC(C)CC. The van der Waals surface area contributed by atoms with Crippen molar-refractivity contribution in [2.75, 3.05) is 0 Å². The average molecular weight is 230 g/mol. The quantitative estimate of drug-likeness (QED) is 0.494. The largest absolute Gasteiger partial charge is 0.396 e. The van der Waals surface area contributed by atoms with Crippen LogP contribution in [-0.4, -0.2) is 22.2 Å². The third-order valence-corrected chi connectivity index (χ3v) is 3.43. The normalized spacial score (nSPS) is 14.1. The van der Waals surface area contributed by atoms with E-state index in [2.05, 4.69) is 40.9 Å². The van der Waals surface area contributed by atoms with Crippen molar-refractivity contribution in [1.29, 1.82) is 0 Å². The van der Waals surface area contributed by atoms with Gasteiger partial charge in [-0.3, -0.25) is 0 Å². The Hall–Kier alpha value is -0.383. The van der Waals surface area contributed by atoms with Gasteiger partial charge >= 0.3 is 10.0 Å². The zero-order valence-electron chi connectivity index (χ0n) is 10.7. The van der Waals surface area contributed by atoms with Gasteiger partial charge in [0.1, 0.15) is 0 Å². The van der Waals surface area contributed by atoms with Crippen molar-refractivity contribution in [2.24, 2.45) is 0 Å². The van der Waals surface area contributed by atoms with E-state index in [1.165, 1.54) is 0 Å². The summed E-state index contributed by atoms with van der Waals surface area (Å²) in [6, 6.07) is 0. The maximum atomic E-state index is 5.48. The zero-order chi connectivity index (χ0) is 12.1. The van der Waals surface area contributed by atoms with Crippen molar-refractivity contribution in [2.45, 2.75) is 52.7 Å². The molecule has 0 spiro atoms. The maximum Gasteiger partial charge on any atom is 0.304 e. The summed E-state index contributed by atoms with van der Waals surface area (Å²) >= 11 is 0. The second-order valence-electron chi connectivity index (χ2n) is 3.36. The van der Waals surface area contributed by atoms with Crippen LogP contribution in [0.1, 0.15) is 40.5 Å². The van der Waals surface area contributed by atoms with E-state index in [4.69, 9.17) is 8.85 Å². The number of hydrogen-bond donors (Lipinski definition) is 0. The fraction of sp³-hybridized carbons (Fsp3) is 0.667. The number of rotatable bonds is 7. The summed E-state index contributed by atoms with van der Waals surface area (Å²) in [5.41, 5.74) is 0. The van der Waals surface area contributed by atoms with E-state index in [0.29, 0.717) is 12.2 Å².